The van der Waals surface area contributed by atoms with Gasteiger partial charge < -0.3 is 14.7 Å². The van der Waals surface area contributed by atoms with E-state index >= 15 is 0 Å². The van der Waals surface area contributed by atoms with Gasteiger partial charge in [-0.2, -0.15) is 0 Å². The Morgan fingerprint density at radius 1 is 1.03 bits per heavy atom. The quantitative estimate of drug-likeness (QED) is 0.802. The first kappa shape index (κ1) is 18.7. The number of carbonyl (C=O) groups is 1. The number of fused-ring (bicyclic) bond motifs is 5. The maximum atomic E-state index is 13.0. The van der Waals surface area contributed by atoms with Crippen molar-refractivity contribution in [2.75, 3.05) is 6.61 Å². The zero-order chi connectivity index (χ0) is 20.0. The highest BCUT2D eigenvalue weighted by Crippen LogP contribution is 2.45. The van der Waals surface area contributed by atoms with E-state index in [2.05, 4.69) is 48.5 Å². The Morgan fingerprint density at radius 3 is 2.14 bits per heavy atom. The highest BCUT2D eigenvalue weighted by Gasteiger charge is 2.44. The largest absolute Gasteiger partial charge is 0.448 e. The second-order valence-electron chi connectivity index (χ2n) is 9.02. The minimum atomic E-state index is -0.264. The van der Waals surface area contributed by atoms with E-state index in [1.54, 1.807) is 0 Å². The average Bonchev–Trinajstić information content (AvgIpc) is 3.18. The molecule has 2 aromatic carbocycles. The molecule has 5 rings (SSSR count). The molecule has 0 spiro atoms. The summed E-state index contributed by atoms with van der Waals surface area (Å²) in [7, 11) is 0. The number of benzene rings is 2. The van der Waals surface area contributed by atoms with E-state index in [0.29, 0.717) is 12.5 Å². The van der Waals surface area contributed by atoms with E-state index in [1.807, 2.05) is 11.8 Å². The molecule has 2 fully saturated rings. The summed E-state index contributed by atoms with van der Waals surface area (Å²) < 4.78 is 5.91. The van der Waals surface area contributed by atoms with E-state index in [9.17, 15) is 9.90 Å². The number of aliphatic hydroxyl groups excluding tert-OH is 1. The zero-order valence-electron chi connectivity index (χ0n) is 17.0. The lowest BCUT2D eigenvalue weighted by Crippen LogP contribution is -2.47. The Bertz CT molecular complexity index is 849. The van der Waals surface area contributed by atoms with Gasteiger partial charge in [-0.05, 0) is 67.2 Å². The second-order valence-corrected chi connectivity index (χ2v) is 9.02. The fourth-order valence-electron chi connectivity index (χ4n) is 5.93. The monoisotopic (exact) mass is 391 g/mol. The molecule has 1 aliphatic carbocycles. The van der Waals surface area contributed by atoms with Crippen molar-refractivity contribution in [1.29, 1.82) is 0 Å². The molecule has 3 aliphatic rings. The van der Waals surface area contributed by atoms with Gasteiger partial charge in [-0.3, -0.25) is 0 Å². The van der Waals surface area contributed by atoms with Gasteiger partial charge in [0.2, 0.25) is 0 Å². The third-order valence-electron chi connectivity index (χ3n) is 7.05. The summed E-state index contributed by atoms with van der Waals surface area (Å²) in [5, 5.41) is 9.73. The third kappa shape index (κ3) is 3.33. The molecule has 0 saturated carbocycles. The van der Waals surface area contributed by atoms with Gasteiger partial charge in [0.1, 0.15) is 6.61 Å². The maximum absolute atomic E-state index is 13.0. The van der Waals surface area contributed by atoms with E-state index in [1.165, 1.54) is 22.3 Å². The van der Waals surface area contributed by atoms with Crippen molar-refractivity contribution in [1.82, 2.24) is 4.90 Å². The van der Waals surface area contributed by atoms with Gasteiger partial charge in [0.05, 0.1) is 6.10 Å². The number of piperidine rings is 1. The summed E-state index contributed by atoms with van der Waals surface area (Å²) in [5.74, 6) is 0.627. The number of aliphatic hydroxyl groups is 1. The van der Waals surface area contributed by atoms with Gasteiger partial charge >= 0.3 is 6.09 Å². The topological polar surface area (TPSA) is 49.8 Å². The Labute approximate surface area is 172 Å². The molecule has 0 aromatic heterocycles. The smallest absolute Gasteiger partial charge is 0.410 e. The molecule has 2 heterocycles. The summed E-state index contributed by atoms with van der Waals surface area (Å²) in [6, 6.07) is 17.4. The van der Waals surface area contributed by atoms with Crippen LogP contribution in [0.5, 0.6) is 0 Å². The van der Waals surface area contributed by atoms with Gasteiger partial charge in [-0.15, -0.1) is 0 Å². The number of hydrogen-bond acceptors (Lipinski definition) is 3. The Kier molecular flexibility index (Phi) is 4.83. The van der Waals surface area contributed by atoms with Crippen LogP contribution < -0.4 is 0 Å². The van der Waals surface area contributed by atoms with Crippen molar-refractivity contribution in [3.63, 3.8) is 0 Å². The van der Waals surface area contributed by atoms with Crippen molar-refractivity contribution in [3.8, 4) is 11.1 Å². The number of amides is 1. The van der Waals surface area contributed by atoms with Crippen LogP contribution in [0.2, 0.25) is 0 Å². The molecule has 2 aliphatic heterocycles. The summed E-state index contributed by atoms with van der Waals surface area (Å²) in [6.07, 6.45) is 4.52. The first-order chi connectivity index (χ1) is 14.1. The number of hydrogen-bond donors (Lipinski definition) is 1. The molecule has 29 heavy (non-hydrogen) atoms. The lowest BCUT2D eigenvalue weighted by Gasteiger charge is -2.38. The van der Waals surface area contributed by atoms with Crippen LogP contribution in [0.1, 0.15) is 56.1 Å². The van der Waals surface area contributed by atoms with E-state index < -0.39 is 0 Å². The zero-order valence-corrected chi connectivity index (χ0v) is 17.0. The van der Waals surface area contributed by atoms with Gasteiger partial charge in [-0.1, -0.05) is 48.5 Å². The van der Waals surface area contributed by atoms with Crippen molar-refractivity contribution in [2.45, 2.75) is 63.1 Å². The van der Waals surface area contributed by atoms with Crippen molar-refractivity contribution in [3.05, 3.63) is 59.7 Å². The van der Waals surface area contributed by atoms with Crippen molar-refractivity contribution < 1.29 is 14.6 Å². The minimum absolute atomic E-state index is 0.108. The summed E-state index contributed by atoms with van der Waals surface area (Å²) in [5.41, 5.74) is 5.01. The van der Waals surface area contributed by atoms with E-state index in [-0.39, 0.29) is 30.2 Å². The average molecular weight is 392 g/mol. The van der Waals surface area contributed by atoms with Crippen LogP contribution in [0.15, 0.2) is 48.5 Å². The van der Waals surface area contributed by atoms with Crippen molar-refractivity contribution >= 4 is 6.09 Å². The first-order valence-electron chi connectivity index (χ1n) is 10.9. The molecule has 0 radical (unpaired) electrons. The lowest BCUT2D eigenvalue weighted by atomic mass is 9.87. The van der Waals surface area contributed by atoms with Gasteiger partial charge in [0.15, 0.2) is 0 Å². The van der Waals surface area contributed by atoms with Gasteiger partial charge in [0.25, 0.3) is 0 Å². The molecule has 4 nitrogen and oxygen atoms in total. The van der Waals surface area contributed by atoms with E-state index in [0.717, 1.165) is 32.1 Å². The molecule has 2 aromatic rings. The molecular weight excluding hydrogens is 362 g/mol. The number of rotatable bonds is 4. The molecule has 1 amide bonds. The summed E-state index contributed by atoms with van der Waals surface area (Å²) in [6.45, 7) is 2.25. The molecule has 3 unspecified atom stereocenters. The molecule has 152 valence electrons. The van der Waals surface area contributed by atoms with Gasteiger partial charge in [-0.25, -0.2) is 4.79 Å². The predicted molar refractivity (Wildman–Crippen MR) is 113 cm³/mol. The summed E-state index contributed by atoms with van der Waals surface area (Å²) in [4.78, 5) is 15.0. The summed E-state index contributed by atoms with van der Waals surface area (Å²) >= 11 is 0. The third-order valence-corrected chi connectivity index (χ3v) is 7.05. The maximum Gasteiger partial charge on any atom is 0.410 e. The van der Waals surface area contributed by atoms with E-state index in [4.69, 9.17) is 4.74 Å². The van der Waals surface area contributed by atoms with Crippen LogP contribution in [0.4, 0.5) is 4.79 Å². The Balaban J connectivity index is 1.29. The van der Waals surface area contributed by atoms with Crippen LogP contribution in [0.3, 0.4) is 0 Å². The highest BCUT2D eigenvalue weighted by molar-refractivity contribution is 5.79. The fourth-order valence-corrected chi connectivity index (χ4v) is 5.93. The van der Waals surface area contributed by atoms with Crippen LogP contribution in [-0.2, 0) is 4.74 Å². The molecular formula is C25H29NO3. The highest BCUT2D eigenvalue weighted by atomic mass is 16.6. The molecule has 1 N–H and O–H groups in total. The van der Waals surface area contributed by atoms with Crippen LogP contribution in [0, 0.1) is 5.92 Å². The molecule has 4 heteroatoms. The molecule has 2 bridgehead atoms. The Hall–Kier alpha value is -2.33. The fraction of sp³-hybridized carbons (Fsp3) is 0.480. The van der Waals surface area contributed by atoms with Gasteiger partial charge in [0, 0.05) is 18.0 Å². The predicted octanol–water partition coefficient (Wildman–Crippen LogP) is 4.95. The van der Waals surface area contributed by atoms with Crippen LogP contribution in [0.25, 0.3) is 11.1 Å². The van der Waals surface area contributed by atoms with Crippen molar-refractivity contribution in [2.24, 2.45) is 5.92 Å². The number of carbonyl (C=O) groups excluding carboxylic acids is 1. The number of nitrogens with zero attached hydrogens (tertiary/aromatic N) is 1. The SMILES string of the molecule is CC(O)CC1CC2CCC(C1)N2C(=O)OCC1c2ccccc2-c2ccccc21. The minimum Gasteiger partial charge on any atom is -0.448 e. The normalized spacial score (nSPS) is 26.1. The second kappa shape index (κ2) is 7.49. The molecule has 3 atom stereocenters. The van der Waals surface area contributed by atoms with Crippen LogP contribution >= 0.6 is 0 Å². The Morgan fingerprint density at radius 2 is 1.59 bits per heavy atom. The first-order valence-corrected chi connectivity index (χ1v) is 10.9. The standard InChI is InChI=1S/C25H29NO3/c1-16(27)12-17-13-18-10-11-19(14-17)26(18)25(28)29-15-24-22-8-4-2-6-20(22)21-7-3-5-9-23(21)24/h2-9,16-19,24,27H,10-15H2,1H3. The lowest BCUT2D eigenvalue weighted by molar-refractivity contribution is 0.0464. The van der Waals surface area contributed by atoms with Crippen LogP contribution in [-0.4, -0.2) is 40.9 Å². The molecule has 2 saturated heterocycles. The number of ether oxygens (including phenoxy) is 1.